The van der Waals surface area contributed by atoms with Gasteiger partial charge in [-0.05, 0) is 101 Å². The van der Waals surface area contributed by atoms with Crippen molar-refractivity contribution in [2.75, 3.05) is 24.6 Å². The second kappa shape index (κ2) is 11.3. The number of hydrogen-bond donors (Lipinski definition) is 1. The van der Waals surface area contributed by atoms with Gasteiger partial charge in [0, 0.05) is 35.6 Å². The third-order valence-corrected chi connectivity index (χ3v) is 7.78. The maximum absolute atomic E-state index is 13.2. The van der Waals surface area contributed by atoms with Gasteiger partial charge >= 0.3 is 5.97 Å². The third kappa shape index (κ3) is 6.99. The SMILES string of the molecule is Cc1nc(C)c([C@H](OC(C)(C)C)C(=O)O)c(N2CCC(C)(C)CC2)c1C1=CC(CCOc2ccc(F)cc2)C1. The van der Waals surface area contributed by atoms with E-state index in [9.17, 15) is 14.3 Å². The summed E-state index contributed by atoms with van der Waals surface area (Å²) in [5, 5.41) is 10.3. The lowest BCUT2D eigenvalue weighted by Crippen LogP contribution is -2.40. The number of nitrogens with zero attached hydrogens (tertiary/aromatic N) is 2. The molecule has 0 amide bonds. The lowest BCUT2D eigenvalue weighted by Gasteiger charge is -2.42. The molecule has 1 fully saturated rings. The number of rotatable bonds is 9. The Hall–Kier alpha value is -2.93. The van der Waals surface area contributed by atoms with E-state index in [4.69, 9.17) is 14.5 Å². The number of ether oxygens (including phenoxy) is 2. The molecule has 7 heteroatoms. The Labute approximate surface area is 232 Å². The molecule has 1 aliphatic carbocycles. The maximum atomic E-state index is 13.2. The van der Waals surface area contributed by atoms with E-state index in [1.165, 1.54) is 17.7 Å². The summed E-state index contributed by atoms with van der Waals surface area (Å²) in [4.78, 5) is 19.8. The van der Waals surface area contributed by atoms with Crippen molar-refractivity contribution in [2.45, 2.75) is 85.9 Å². The summed E-state index contributed by atoms with van der Waals surface area (Å²) in [6, 6.07) is 6.09. The van der Waals surface area contributed by atoms with Crippen molar-refractivity contribution in [1.82, 2.24) is 4.98 Å². The molecular formula is C32H43FN2O4. The van der Waals surface area contributed by atoms with E-state index in [2.05, 4.69) is 24.8 Å². The van der Waals surface area contributed by atoms with Gasteiger partial charge < -0.3 is 19.5 Å². The van der Waals surface area contributed by atoms with Crippen LogP contribution in [-0.4, -0.2) is 41.4 Å². The standard InChI is InChI=1S/C32H43FN2O4/c1-20-26(23-18-22(19-23)12-17-38-25-10-8-24(33)9-11-25)28(35-15-13-32(6,7)14-16-35)27(21(2)34-20)29(30(36)37)39-31(3,4)5/h8-11,18,22,29H,12-17,19H2,1-7H3,(H,36,37)/t22?,29-/m0/s1. The summed E-state index contributed by atoms with van der Waals surface area (Å²) >= 11 is 0. The van der Waals surface area contributed by atoms with Crippen LogP contribution in [0.25, 0.3) is 5.57 Å². The van der Waals surface area contributed by atoms with Gasteiger partial charge in [-0.3, -0.25) is 4.98 Å². The van der Waals surface area contributed by atoms with Gasteiger partial charge in [-0.25, -0.2) is 9.18 Å². The Kier molecular flexibility index (Phi) is 8.41. The van der Waals surface area contributed by atoms with E-state index < -0.39 is 17.7 Å². The number of piperidine rings is 1. The van der Waals surface area contributed by atoms with Gasteiger partial charge in [0.15, 0.2) is 6.10 Å². The van der Waals surface area contributed by atoms with Crippen molar-refractivity contribution >= 4 is 17.2 Å². The van der Waals surface area contributed by atoms with Crippen LogP contribution >= 0.6 is 0 Å². The Morgan fingerprint density at radius 1 is 1.15 bits per heavy atom. The highest BCUT2D eigenvalue weighted by Gasteiger charge is 2.37. The van der Waals surface area contributed by atoms with Crippen molar-refractivity contribution < 1.29 is 23.8 Å². The second-order valence-corrected chi connectivity index (χ2v) is 12.8. The molecule has 6 nitrogen and oxygen atoms in total. The van der Waals surface area contributed by atoms with Gasteiger partial charge in [-0.1, -0.05) is 19.9 Å². The maximum Gasteiger partial charge on any atom is 0.337 e. The average molecular weight is 539 g/mol. The number of allylic oxidation sites excluding steroid dienone is 2. The molecule has 39 heavy (non-hydrogen) atoms. The molecule has 1 aliphatic heterocycles. The van der Waals surface area contributed by atoms with Gasteiger partial charge in [-0.15, -0.1) is 0 Å². The fourth-order valence-corrected chi connectivity index (χ4v) is 5.56. The minimum absolute atomic E-state index is 0.257. The summed E-state index contributed by atoms with van der Waals surface area (Å²) in [6.07, 6.45) is 4.96. The minimum Gasteiger partial charge on any atom is -0.494 e. The number of aliphatic carboxylic acids is 1. The van der Waals surface area contributed by atoms with Crippen LogP contribution in [-0.2, 0) is 9.53 Å². The number of carboxylic acids is 1. The van der Waals surface area contributed by atoms with Gasteiger partial charge in [0.2, 0.25) is 0 Å². The number of benzene rings is 1. The van der Waals surface area contributed by atoms with Crippen LogP contribution in [0.2, 0.25) is 0 Å². The van der Waals surface area contributed by atoms with E-state index in [0.717, 1.165) is 55.7 Å². The highest BCUT2D eigenvalue weighted by molar-refractivity contribution is 5.87. The van der Waals surface area contributed by atoms with Gasteiger partial charge in [0.05, 0.1) is 17.9 Å². The molecule has 2 aromatic rings. The zero-order valence-electron chi connectivity index (χ0n) is 24.4. The molecule has 4 rings (SSSR count). The van der Waals surface area contributed by atoms with Crippen molar-refractivity contribution in [1.29, 1.82) is 0 Å². The predicted octanol–water partition coefficient (Wildman–Crippen LogP) is 7.28. The molecule has 2 heterocycles. The summed E-state index contributed by atoms with van der Waals surface area (Å²) in [7, 11) is 0. The number of hydrogen-bond acceptors (Lipinski definition) is 5. The highest BCUT2D eigenvalue weighted by Crippen LogP contribution is 2.47. The fourth-order valence-electron chi connectivity index (χ4n) is 5.56. The summed E-state index contributed by atoms with van der Waals surface area (Å²) < 4.78 is 25.1. The van der Waals surface area contributed by atoms with Gasteiger partial charge in [-0.2, -0.15) is 0 Å². The smallest absolute Gasteiger partial charge is 0.337 e. The number of anilines is 1. The van der Waals surface area contributed by atoms with Crippen LogP contribution in [0, 0.1) is 31.0 Å². The number of carbonyl (C=O) groups is 1. The first kappa shape index (κ1) is 29.1. The van der Waals surface area contributed by atoms with E-state index in [-0.39, 0.29) is 11.2 Å². The Morgan fingerprint density at radius 2 is 1.77 bits per heavy atom. The van der Waals surface area contributed by atoms with E-state index >= 15 is 0 Å². The molecule has 1 unspecified atom stereocenters. The third-order valence-electron chi connectivity index (χ3n) is 7.78. The molecule has 2 atom stereocenters. The van der Waals surface area contributed by atoms with Crippen molar-refractivity contribution in [3.63, 3.8) is 0 Å². The number of aryl methyl sites for hydroxylation is 2. The number of pyridine rings is 1. The molecule has 1 aromatic carbocycles. The van der Waals surface area contributed by atoms with Gasteiger partial charge in [0.1, 0.15) is 11.6 Å². The number of carboxylic acid groups (broad SMARTS) is 1. The van der Waals surface area contributed by atoms with E-state index in [0.29, 0.717) is 29.5 Å². The largest absolute Gasteiger partial charge is 0.494 e. The molecule has 2 aliphatic rings. The lowest BCUT2D eigenvalue weighted by atomic mass is 9.77. The monoisotopic (exact) mass is 538 g/mol. The zero-order valence-corrected chi connectivity index (χ0v) is 24.4. The van der Waals surface area contributed by atoms with Gasteiger partial charge in [0.25, 0.3) is 0 Å². The first-order valence-corrected chi connectivity index (χ1v) is 14.0. The Bertz CT molecular complexity index is 1220. The Morgan fingerprint density at radius 3 is 2.33 bits per heavy atom. The average Bonchev–Trinajstić information content (AvgIpc) is 2.80. The molecule has 0 saturated carbocycles. The quantitative estimate of drug-likeness (QED) is 0.362. The molecule has 0 radical (unpaired) electrons. The van der Waals surface area contributed by atoms with Crippen LogP contribution < -0.4 is 9.64 Å². The topological polar surface area (TPSA) is 71.9 Å². The first-order chi connectivity index (χ1) is 18.2. The van der Waals surface area contributed by atoms with E-state index in [1.54, 1.807) is 12.1 Å². The number of halogens is 1. The van der Waals surface area contributed by atoms with Crippen molar-refractivity contribution in [3.8, 4) is 5.75 Å². The van der Waals surface area contributed by atoms with Crippen LogP contribution in [0.4, 0.5) is 10.1 Å². The molecule has 1 aromatic heterocycles. The summed E-state index contributed by atoms with van der Waals surface area (Å²) in [5.74, 6) is -0.251. The van der Waals surface area contributed by atoms with Crippen molar-refractivity contribution in [3.05, 3.63) is 58.7 Å². The molecule has 212 valence electrons. The summed E-state index contributed by atoms with van der Waals surface area (Å²) in [6.45, 7) is 16.4. The fraction of sp³-hybridized carbons (Fsp3) is 0.562. The zero-order chi connectivity index (χ0) is 28.5. The van der Waals surface area contributed by atoms with Crippen LogP contribution in [0.5, 0.6) is 5.75 Å². The van der Waals surface area contributed by atoms with Crippen molar-refractivity contribution in [2.24, 2.45) is 11.3 Å². The molecule has 0 bridgehead atoms. The van der Waals surface area contributed by atoms with Crippen LogP contribution in [0.3, 0.4) is 0 Å². The highest BCUT2D eigenvalue weighted by atomic mass is 19.1. The molecule has 1 N–H and O–H groups in total. The molecular weight excluding hydrogens is 495 g/mol. The number of aromatic nitrogens is 1. The normalized spacial score (nSPS) is 19.7. The van der Waals surface area contributed by atoms with E-state index in [1.807, 2.05) is 34.6 Å². The molecule has 1 saturated heterocycles. The Balaban J connectivity index is 1.66. The summed E-state index contributed by atoms with van der Waals surface area (Å²) in [5.41, 5.74) is 5.14. The lowest BCUT2D eigenvalue weighted by molar-refractivity contribution is -0.160. The predicted molar refractivity (Wildman–Crippen MR) is 153 cm³/mol. The molecule has 0 spiro atoms. The van der Waals surface area contributed by atoms with Crippen LogP contribution in [0.1, 0.15) is 88.9 Å². The second-order valence-electron chi connectivity index (χ2n) is 12.8. The first-order valence-electron chi connectivity index (χ1n) is 14.0. The minimum atomic E-state index is -1.11. The van der Waals surface area contributed by atoms with Crippen LogP contribution in [0.15, 0.2) is 30.3 Å².